The molecule has 144 valence electrons. The van der Waals surface area contributed by atoms with Crippen LogP contribution in [0.15, 0.2) is 47.9 Å². The van der Waals surface area contributed by atoms with Crippen LogP contribution >= 0.6 is 0 Å². The van der Waals surface area contributed by atoms with E-state index >= 15 is 0 Å². The number of piperazine rings is 1. The van der Waals surface area contributed by atoms with Crippen LogP contribution in [0.3, 0.4) is 0 Å². The first-order valence-corrected chi connectivity index (χ1v) is 10.7. The van der Waals surface area contributed by atoms with Gasteiger partial charge >= 0.3 is 0 Å². The zero-order valence-electron chi connectivity index (χ0n) is 15.9. The second-order valence-corrected chi connectivity index (χ2v) is 8.97. The summed E-state index contributed by atoms with van der Waals surface area (Å²) in [7, 11) is -3.41. The fourth-order valence-electron chi connectivity index (χ4n) is 3.32. The molecule has 5 nitrogen and oxygen atoms in total. The third kappa shape index (κ3) is 4.97. The third-order valence-electron chi connectivity index (χ3n) is 5.16. The zero-order chi connectivity index (χ0) is 19.4. The van der Waals surface area contributed by atoms with Gasteiger partial charge in [-0.15, -0.1) is 0 Å². The van der Waals surface area contributed by atoms with Gasteiger partial charge in [0, 0.05) is 11.0 Å². The molecule has 0 radical (unpaired) electrons. The van der Waals surface area contributed by atoms with Crippen LogP contribution in [0.25, 0.3) is 6.08 Å². The lowest BCUT2D eigenvalue weighted by Gasteiger charge is -2.31. The van der Waals surface area contributed by atoms with Gasteiger partial charge in [-0.2, -0.15) is 4.31 Å². The second kappa shape index (κ2) is 8.25. The molecule has 2 aromatic rings. The highest BCUT2D eigenvalue weighted by atomic mass is 32.2. The quantitative estimate of drug-likeness (QED) is 0.821. The van der Waals surface area contributed by atoms with Gasteiger partial charge in [-0.05, 0) is 48.7 Å². The Morgan fingerprint density at radius 1 is 1.07 bits per heavy atom. The summed E-state index contributed by atoms with van der Waals surface area (Å²) in [6.07, 6.45) is 1.64. The highest BCUT2D eigenvalue weighted by Gasteiger charge is 2.27. The number of sulfonamides is 1. The van der Waals surface area contributed by atoms with E-state index in [-0.39, 0.29) is 0 Å². The van der Waals surface area contributed by atoms with Crippen molar-refractivity contribution >= 4 is 16.1 Å². The molecule has 0 unspecified atom stereocenters. The molecule has 1 aliphatic rings. The molecule has 0 aromatic heterocycles. The second-order valence-electron chi connectivity index (χ2n) is 7.15. The minimum atomic E-state index is -3.41. The number of phenolic OH excluding ortho intramolecular Hbond substituents is 1. The first-order valence-electron chi connectivity index (χ1n) is 9.21. The van der Waals surface area contributed by atoms with Crippen LogP contribution in [0.5, 0.6) is 5.75 Å². The standard InChI is InChI=1S/C21H26N2O3S/c1-17-14-20(21(24)15-18(17)2)16-22-9-11-23(12-10-22)27(25,26)13-8-19-6-4-3-5-7-19/h3-8,13-15,24H,9-12,16H2,1-2H3/p+1/b13-8+. The molecule has 1 heterocycles. The Hall–Kier alpha value is -2.15. The van der Waals surface area contributed by atoms with Gasteiger partial charge in [0.15, 0.2) is 0 Å². The Labute approximate surface area is 161 Å². The van der Waals surface area contributed by atoms with E-state index in [2.05, 4.69) is 0 Å². The minimum absolute atomic E-state index is 0.325. The van der Waals surface area contributed by atoms with Gasteiger partial charge in [0.05, 0.1) is 26.2 Å². The largest absolute Gasteiger partial charge is 0.507 e. The molecule has 0 spiro atoms. The third-order valence-corrected chi connectivity index (χ3v) is 6.72. The highest BCUT2D eigenvalue weighted by Crippen LogP contribution is 2.21. The summed E-state index contributed by atoms with van der Waals surface area (Å²) < 4.78 is 26.6. The van der Waals surface area contributed by atoms with E-state index in [4.69, 9.17) is 0 Å². The number of hydrogen-bond acceptors (Lipinski definition) is 3. The van der Waals surface area contributed by atoms with Crippen molar-refractivity contribution in [3.05, 3.63) is 70.1 Å². The molecule has 0 aliphatic carbocycles. The van der Waals surface area contributed by atoms with Gasteiger partial charge in [0.25, 0.3) is 0 Å². The molecule has 1 saturated heterocycles. The van der Waals surface area contributed by atoms with Gasteiger partial charge in [-0.3, -0.25) is 0 Å². The average Bonchev–Trinajstić information content (AvgIpc) is 2.66. The van der Waals surface area contributed by atoms with Crippen molar-refractivity contribution in [2.75, 3.05) is 26.2 Å². The number of hydrogen-bond donors (Lipinski definition) is 2. The van der Waals surface area contributed by atoms with Gasteiger partial charge in [-0.25, -0.2) is 8.42 Å². The molecular formula is C21H27N2O3S+. The zero-order valence-corrected chi connectivity index (χ0v) is 16.7. The fourth-order valence-corrected chi connectivity index (χ4v) is 4.51. The molecule has 1 aliphatic heterocycles. The average molecular weight is 388 g/mol. The first-order chi connectivity index (χ1) is 12.8. The molecule has 0 saturated carbocycles. The lowest BCUT2D eigenvalue weighted by Crippen LogP contribution is -3.13. The summed E-state index contributed by atoms with van der Waals surface area (Å²) in [5, 5.41) is 11.5. The minimum Gasteiger partial charge on any atom is -0.507 e. The number of aromatic hydroxyl groups is 1. The number of rotatable bonds is 5. The Bertz CT molecular complexity index is 916. The summed E-state index contributed by atoms with van der Waals surface area (Å²) in [5.41, 5.74) is 4.03. The summed E-state index contributed by atoms with van der Waals surface area (Å²) in [6.45, 7) is 7.16. The number of phenols is 1. The maximum absolute atomic E-state index is 12.6. The molecular weight excluding hydrogens is 360 g/mol. The van der Waals surface area contributed by atoms with Gasteiger partial charge in [0.1, 0.15) is 12.3 Å². The molecule has 3 rings (SSSR count). The monoisotopic (exact) mass is 387 g/mol. The number of nitrogens with one attached hydrogen (secondary N) is 1. The normalized spacial score (nSPS) is 16.8. The van der Waals surface area contributed by atoms with Crippen LogP contribution in [-0.4, -0.2) is 44.0 Å². The summed E-state index contributed by atoms with van der Waals surface area (Å²) in [6, 6.07) is 13.3. The SMILES string of the molecule is Cc1cc(O)c(C[NH+]2CCN(S(=O)(=O)/C=C/c3ccccc3)CC2)cc1C. The molecule has 6 heteroatoms. The molecule has 2 N–H and O–H groups in total. The lowest BCUT2D eigenvalue weighted by atomic mass is 10.0. The van der Waals surface area contributed by atoms with Crippen LogP contribution in [0.1, 0.15) is 22.3 Å². The van der Waals surface area contributed by atoms with Crippen LogP contribution in [0.4, 0.5) is 0 Å². The summed E-state index contributed by atoms with van der Waals surface area (Å²) >= 11 is 0. The number of aryl methyl sites for hydroxylation is 2. The number of nitrogens with zero attached hydrogens (tertiary/aromatic N) is 1. The Kier molecular flexibility index (Phi) is 5.99. The van der Waals surface area contributed by atoms with Crippen molar-refractivity contribution in [3.63, 3.8) is 0 Å². The summed E-state index contributed by atoms with van der Waals surface area (Å²) in [5.74, 6) is 0.325. The molecule has 27 heavy (non-hydrogen) atoms. The van der Waals surface area contributed by atoms with Crippen molar-refractivity contribution < 1.29 is 18.4 Å². The number of benzene rings is 2. The topological polar surface area (TPSA) is 62.1 Å². The molecule has 0 bridgehead atoms. The predicted molar refractivity (Wildman–Crippen MR) is 108 cm³/mol. The molecule has 0 atom stereocenters. The maximum Gasteiger partial charge on any atom is 0.236 e. The van der Waals surface area contributed by atoms with Gasteiger partial charge in [-0.1, -0.05) is 30.3 Å². The van der Waals surface area contributed by atoms with E-state index < -0.39 is 10.0 Å². The van der Waals surface area contributed by atoms with Crippen molar-refractivity contribution in [1.29, 1.82) is 0 Å². The van der Waals surface area contributed by atoms with Gasteiger partial charge in [0.2, 0.25) is 10.0 Å². The van der Waals surface area contributed by atoms with E-state index in [9.17, 15) is 13.5 Å². The van der Waals surface area contributed by atoms with E-state index in [1.165, 1.54) is 14.6 Å². The Balaban J connectivity index is 1.60. The Morgan fingerprint density at radius 2 is 1.70 bits per heavy atom. The Morgan fingerprint density at radius 3 is 2.37 bits per heavy atom. The smallest absolute Gasteiger partial charge is 0.236 e. The lowest BCUT2D eigenvalue weighted by molar-refractivity contribution is -0.917. The van der Waals surface area contributed by atoms with Crippen molar-refractivity contribution in [1.82, 2.24) is 4.31 Å². The van der Waals surface area contributed by atoms with Crippen molar-refractivity contribution in [2.24, 2.45) is 0 Å². The van der Waals surface area contributed by atoms with E-state index in [1.54, 1.807) is 12.1 Å². The predicted octanol–water partition coefficient (Wildman–Crippen LogP) is 1.71. The van der Waals surface area contributed by atoms with E-state index in [0.29, 0.717) is 25.4 Å². The van der Waals surface area contributed by atoms with E-state index in [0.717, 1.165) is 35.3 Å². The van der Waals surface area contributed by atoms with Crippen molar-refractivity contribution in [3.8, 4) is 5.75 Å². The van der Waals surface area contributed by atoms with Crippen LogP contribution in [-0.2, 0) is 16.6 Å². The molecule has 2 aromatic carbocycles. The van der Waals surface area contributed by atoms with Crippen LogP contribution in [0, 0.1) is 13.8 Å². The maximum atomic E-state index is 12.6. The highest BCUT2D eigenvalue weighted by molar-refractivity contribution is 7.92. The number of quaternary nitrogens is 1. The van der Waals surface area contributed by atoms with Crippen LogP contribution in [0.2, 0.25) is 0 Å². The molecule has 0 amide bonds. The van der Waals surface area contributed by atoms with Crippen molar-refractivity contribution in [2.45, 2.75) is 20.4 Å². The van der Waals surface area contributed by atoms with E-state index in [1.807, 2.05) is 50.2 Å². The molecule has 1 fully saturated rings. The fraction of sp³-hybridized carbons (Fsp3) is 0.333. The van der Waals surface area contributed by atoms with Crippen LogP contribution < -0.4 is 4.90 Å². The first kappa shape index (κ1) is 19.6. The summed E-state index contributed by atoms with van der Waals surface area (Å²) in [4.78, 5) is 1.28. The van der Waals surface area contributed by atoms with Gasteiger partial charge < -0.3 is 10.0 Å².